The molecule has 37 heavy (non-hydrogen) atoms. The van der Waals surface area contributed by atoms with E-state index < -0.39 is 10.2 Å². The number of nitrogens with zero attached hydrogens (tertiary/aromatic N) is 4. The third-order valence-electron chi connectivity index (χ3n) is 7.15. The van der Waals surface area contributed by atoms with Crippen LogP contribution in [-0.2, 0) is 19.2 Å². The minimum absolute atomic E-state index is 0.261. The van der Waals surface area contributed by atoms with Gasteiger partial charge in [0.1, 0.15) is 12.0 Å². The normalized spacial score (nSPS) is 19.3. The first-order chi connectivity index (χ1) is 17.9. The summed E-state index contributed by atoms with van der Waals surface area (Å²) in [6.45, 7) is 4.45. The van der Waals surface area contributed by atoms with Gasteiger partial charge < -0.3 is 9.47 Å². The summed E-state index contributed by atoms with van der Waals surface area (Å²) < 4.78 is 35.8. The predicted octanol–water partition coefficient (Wildman–Crippen LogP) is 4.66. The molecule has 4 heterocycles. The Morgan fingerprint density at radius 1 is 1.03 bits per heavy atom. The highest BCUT2D eigenvalue weighted by Gasteiger charge is 2.42. The van der Waals surface area contributed by atoms with Crippen LogP contribution in [0.4, 0.5) is 0 Å². The van der Waals surface area contributed by atoms with Gasteiger partial charge in [0, 0.05) is 36.1 Å². The van der Waals surface area contributed by atoms with Crippen LogP contribution in [0.1, 0.15) is 19.3 Å². The zero-order valence-electron chi connectivity index (χ0n) is 20.9. The summed E-state index contributed by atoms with van der Waals surface area (Å²) in [5, 5.41) is 4.49. The quantitative estimate of drug-likeness (QED) is 0.355. The van der Waals surface area contributed by atoms with Crippen LogP contribution >= 0.6 is 0 Å². The minimum atomic E-state index is -3.05. The van der Waals surface area contributed by atoms with Crippen LogP contribution in [0.5, 0.6) is 5.75 Å². The van der Waals surface area contributed by atoms with Crippen LogP contribution < -0.4 is 4.74 Å². The van der Waals surface area contributed by atoms with E-state index in [-0.39, 0.29) is 5.60 Å². The molecule has 0 amide bonds. The Morgan fingerprint density at radius 2 is 1.81 bits per heavy atom. The van der Waals surface area contributed by atoms with E-state index in [2.05, 4.69) is 15.0 Å². The van der Waals surface area contributed by atoms with Crippen molar-refractivity contribution in [3.05, 3.63) is 67.1 Å². The molecule has 2 aromatic carbocycles. The Kier molecular flexibility index (Phi) is 6.32. The summed E-state index contributed by atoms with van der Waals surface area (Å²) in [5.41, 5.74) is 3.99. The van der Waals surface area contributed by atoms with E-state index in [1.807, 2.05) is 42.7 Å². The van der Waals surface area contributed by atoms with E-state index in [9.17, 15) is 8.76 Å². The SMILES string of the molecule is C[S+](=O)(O)c1cccc(-c2cnn3cc(-c4ccc(OC5(CN6CCCCC6)COC5)cc4)cnc23)c1. The van der Waals surface area contributed by atoms with Crippen molar-refractivity contribution in [1.82, 2.24) is 19.5 Å². The van der Waals surface area contributed by atoms with Gasteiger partial charge in [0.2, 0.25) is 10.2 Å². The molecule has 9 heteroatoms. The zero-order valence-corrected chi connectivity index (χ0v) is 21.7. The maximum absolute atomic E-state index is 12.1. The number of aromatic nitrogens is 3. The van der Waals surface area contributed by atoms with Crippen molar-refractivity contribution in [1.29, 1.82) is 0 Å². The van der Waals surface area contributed by atoms with Crippen molar-refractivity contribution in [3.8, 4) is 28.0 Å². The van der Waals surface area contributed by atoms with Gasteiger partial charge in [-0.25, -0.2) is 9.50 Å². The van der Waals surface area contributed by atoms with Crippen molar-refractivity contribution < 1.29 is 18.2 Å². The van der Waals surface area contributed by atoms with Gasteiger partial charge in [-0.15, -0.1) is 0 Å². The molecule has 192 valence electrons. The molecule has 2 aliphatic heterocycles. The second-order valence-electron chi connectivity index (χ2n) is 10.1. The Bertz CT molecular complexity index is 1450. The fourth-order valence-electron chi connectivity index (χ4n) is 5.13. The number of rotatable bonds is 7. The molecule has 0 radical (unpaired) electrons. The Labute approximate surface area is 217 Å². The highest BCUT2D eigenvalue weighted by atomic mass is 32.3. The number of fused-ring (bicyclic) bond motifs is 1. The van der Waals surface area contributed by atoms with Gasteiger partial charge in [-0.1, -0.05) is 34.9 Å². The Balaban J connectivity index is 1.20. The van der Waals surface area contributed by atoms with Gasteiger partial charge in [0.25, 0.3) is 0 Å². The van der Waals surface area contributed by atoms with E-state index >= 15 is 0 Å². The molecule has 0 spiro atoms. The smallest absolute Gasteiger partial charge is 0.244 e. The predicted molar refractivity (Wildman–Crippen MR) is 143 cm³/mol. The molecule has 2 fully saturated rings. The van der Waals surface area contributed by atoms with E-state index in [0.717, 1.165) is 47.6 Å². The summed E-state index contributed by atoms with van der Waals surface area (Å²) >= 11 is 0. The van der Waals surface area contributed by atoms with E-state index in [1.54, 1.807) is 28.9 Å². The molecule has 1 N–H and O–H groups in total. The molecule has 2 aliphatic rings. The zero-order chi connectivity index (χ0) is 25.5. The number of hydrogen-bond acceptors (Lipinski definition) is 6. The molecule has 2 aromatic heterocycles. The summed E-state index contributed by atoms with van der Waals surface area (Å²) in [6.07, 6.45) is 10.7. The molecule has 0 aliphatic carbocycles. The van der Waals surface area contributed by atoms with E-state index in [4.69, 9.17) is 9.47 Å². The van der Waals surface area contributed by atoms with Gasteiger partial charge in [0.15, 0.2) is 16.1 Å². The van der Waals surface area contributed by atoms with Crippen LogP contribution in [0.25, 0.3) is 27.9 Å². The third-order valence-corrected chi connectivity index (χ3v) is 8.28. The van der Waals surface area contributed by atoms with Gasteiger partial charge in [-0.05, 0) is 55.3 Å². The standard InChI is InChI=1S/C28H30N4O4S/c1-37(33,34)25-7-5-6-22(14-25)26-16-30-32-17-23(15-29-27(26)32)21-8-10-24(11-9-21)36-28(19-35-20-28)18-31-12-3-2-4-13-31/h5-11,14-17H,2-4,12-13,18-20H2,1H3/p+1. The van der Waals surface area contributed by atoms with E-state index in [0.29, 0.717) is 23.8 Å². The highest BCUT2D eigenvalue weighted by molar-refractivity contribution is 7.97. The first-order valence-corrected chi connectivity index (χ1v) is 14.6. The molecular weight excluding hydrogens is 488 g/mol. The lowest BCUT2D eigenvalue weighted by Crippen LogP contribution is -2.61. The lowest BCUT2D eigenvalue weighted by molar-refractivity contribution is -0.172. The number of ether oxygens (including phenoxy) is 2. The Morgan fingerprint density at radius 3 is 2.51 bits per heavy atom. The highest BCUT2D eigenvalue weighted by Crippen LogP contribution is 2.31. The van der Waals surface area contributed by atoms with Gasteiger partial charge in [-0.3, -0.25) is 4.90 Å². The van der Waals surface area contributed by atoms with Gasteiger partial charge >= 0.3 is 0 Å². The van der Waals surface area contributed by atoms with E-state index in [1.165, 1.54) is 25.5 Å². The van der Waals surface area contributed by atoms with Gasteiger partial charge in [0.05, 0.1) is 19.4 Å². The van der Waals surface area contributed by atoms with Crippen LogP contribution in [0.15, 0.2) is 72.0 Å². The molecule has 6 rings (SSSR count). The van der Waals surface area contributed by atoms with Crippen molar-refractivity contribution in [2.45, 2.75) is 29.8 Å². The second kappa shape index (κ2) is 9.64. The average Bonchev–Trinajstić information content (AvgIpc) is 3.31. The monoisotopic (exact) mass is 519 g/mol. The topological polar surface area (TPSA) is 89.2 Å². The molecular formula is C28H31N4O4S+. The van der Waals surface area contributed by atoms with Crippen LogP contribution in [0, 0.1) is 0 Å². The molecule has 0 saturated carbocycles. The molecule has 1 atom stereocenters. The number of benzene rings is 2. The number of likely N-dealkylation sites (tertiary alicyclic amines) is 1. The maximum atomic E-state index is 12.1. The molecule has 8 nitrogen and oxygen atoms in total. The first-order valence-electron chi connectivity index (χ1n) is 12.6. The van der Waals surface area contributed by atoms with Crippen molar-refractivity contribution in [2.75, 3.05) is 39.1 Å². The number of piperidine rings is 1. The third kappa shape index (κ3) is 5.04. The van der Waals surface area contributed by atoms with Gasteiger partial charge in [-0.2, -0.15) is 9.65 Å². The largest absolute Gasteiger partial charge is 0.481 e. The maximum Gasteiger partial charge on any atom is 0.244 e. The lowest BCUT2D eigenvalue weighted by atomic mass is 9.99. The fraction of sp³-hybridized carbons (Fsp3) is 0.357. The molecule has 0 bridgehead atoms. The molecule has 1 unspecified atom stereocenters. The summed E-state index contributed by atoms with van der Waals surface area (Å²) in [4.78, 5) is 7.55. The van der Waals surface area contributed by atoms with Crippen LogP contribution in [0.2, 0.25) is 0 Å². The Hall–Kier alpha value is -3.11. The van der Waals surface area contributed by atoms with Crippen molar-refractivity contribution in [2.24, 2.45) is 0 Å². The number of hydrogen-bond donors (Lipinski definition) is 1. The first kappa shape index (κ1) is 24.2. The lowest BCUT2D eigenvalue weighted by Gasteiger charge is -2.45. The summed E-state index contributed by atoms with van der Waals surface area (Å²) in [6, 6.07) is 15.1. The summed E-state index contributed by atoms with van der Waals surface area (Å²) in [5.74, 6) is 0.843. The molecule has 4 aromatic rings. The minimum Gasteiger partial charge on any atom is -0.481 e. The summed E-state index contributed by atoms with van der Waals surface area (Å²) in [7, 11) is -3.05. The fourth-order valence-corrected chi connectivity index (χ4v) is 5.81. The van der Waals surface area contributed by atoms with Crippen LogP contribution in [0.3, 0.4) is 0 Å². The van der Waals surface area contributed by atoms with Crippen LogP contribution in [-0.4, -0.2) is 68.8 Å². The molecule has 2 saturated heterocycles. The second-order valence-corrected chi connectivity index (χ2v) is 12.2. The average molecular weight is 520 g/mol. The van der Waals surface area contributed by atoms with Crippen molar-refractivity contribution in [3.63, 3.8) is 0 Å². The van der Waals surface area contributed by atoms with Crippen molar-refractivity contribution >= 4 is 15.9 Å².